The minimum absolute atomic E-state index is 0.255. The molecule has 0 N–H and O–H groups in total. The van der Waals surface area contributed by atoms with E-state index < -0.39 is 11.8 Å². The summed E-state index contributed by atoms with van der Waals surface area (Å²) in [7, 11) is 1.62. The number of rotatable bonds is 4. The Morgan fingerprint density at radius 1 is 1.59 bits per heavy atom. The molecule has 1 atom stereocenters. The van der Waals surface area contributed by atoms with Gasteiger partial charge < -0.3 is 4.74 Å². The molecule has 1 saturated heterocycles. The molecule has 0 spiro atoms. The van der Waals surface area contributed by atoms with Crippen molar-refractivity contribution < 1.29 is 18.4 Å². The Morgan fingerprint density at radius 3 is 3.12 bits per heavy atom. The topological polar surface area (TPSA) is 34.6 Å². The van der Waals surface area contributed by atoms with Crippen molar-refractivity contribution in [3.05, 3.63) is 29.6 Å². The highest BCUT2D eigenvalue weighted by Gasteiger charge is 2.25. The van der Waals surface area contributed by atoms with Crippen molar-refractivity contribution in [2.45, 2.75) is 12.5 Å². The van der Waals surface area contributed by atoms with Crippen LogP contribution in [0.4, 0.5) is 8.78 Å². The van der Waals surface area contributed by atoms with Crippen LogP contribution in [0.1, 0.15) is 18.1 Å². The highest BCUT2D eigenvalue weighted by Crippen LogP contribution is 2.28. The van der Waals surface area contributed by atoms with Gasteiger partial charge in [-0.25, -0.2) is 9.37 Å². The van der Waals surface area contributed by atoms with Gasteiger partial charge >= 0.3 is 0 Å². The summed E-state index contributed by atoms with van der Waals surface area (Å²) in [5.74, 6) is -2.02. The number of nitrogens with zero attached hydrogens (tertiary/aromatic N) is 2. The molecule has 1 aromatic heterocycles. The zero-order valence-electron chi connectivity index (χ0n) is 9.53. The van der Waals surface area contributed by atoms with Gasteiger partial charge in [0.25, 0.3) is 0 Å². The minimum atomic E-state index is -1.08. The molecule has 0 aromatic carbocycles. The maximum absolute atomic E-state index is 13.0. The molecule has 0 saturated carbocycles. The smallest absolute Gasteiger partial charge is 0.248 e. The highest BCUT2D eigenvalue weighted by atomic mass is 19.2. The van der Waals surface area contributed by atoms with Gasteiger partial charge in [0.1, 0.15) is 6.10 Å². The summed E-state index contributed by atoms with van der Waals surface area (Å²) in [5.41, 5.74) is 0.559. The molecule has 1 aliphatic heterocycles. The predicted molar refractivity (Wildman–Crippen MR) is 56.0 cm³/mol. The van der Waals surface area contributed by atoms with E-state index in [1.54, 1.807) is 12.2 Å². The van der Waals surface area contributed by atoms with E-state index in [-0.39, 0.29) is 6.10 Å². The fraction of sp³-hybridized carbons (Fsp3) is 0.545. The third-order valence-electron chi connectivity index (χ3n) is 2.65. The second kappa shape index (κ2) is 5.48. The molecule has 2 heterocycles. The lowest BCUT2D eigenvalue weighted by Crippen LogP contribution is -2.22. The number of ether oxygens (including phenoxy) is 1. The molecule has 0 bridgehead atoms. The first-order chi connectivity index (χ1) is 8.20. The molecule has 2 rings (SSSR count). The number of hydrogen-bond acceptors (Lipinski definition) is 4. The molecule has 0 radical (unpaired) electrons. The Bertz CT molecular complexity index is 390. The zero-order valence-corrected chi connectivity index (χ0v) is 9.53. The third-order valence-corrected chi connectivity index (χ3v) is 2.65. The summed E-state index contributed by atoms with van der Waals surface area (Å²) in [6.45, 7) is 1.97. The van der Waals surface area contributed by atoms with Gasteiger partial charge in [-0.05, 0) is 12.5 Å². The fourth-order valence-electron chi connectivity index (χ4n) is 1.74. The van der Waals surface area contributed by atoms with Gasteiger partial charge in [0.15, 0.2) is 5.82 Å². The fourth-order valence-corrected chi connectivity index (χ4v) is 1.74. The van der Waals surface area contributed by atoms with Crippen molar-refractivity contribution >= 4 is 0 Å². The molecule has 1 aliphatic rings. The maximum Gasteiger partial charge on any atom is 0.248 e. The van der Waals surface area contributed by atoms with Crippen LogP contribution in [0, 0.1) is 11.8 Å². The van der Waals surface area contributed by atoms with Crippen LogP contribution < -0.4 is 0 Å². The zero-order chi connectivity index (χ0) is 12.3. The van der Waals surface area contributed by atoms with Crippen LogP contribution in [-0.2, 0) is 9.57 Å². The van der Waals surface area contributed by atoms with Gasteiger partial charge in [-0.15, -0.1) is 0 Å². The number of methoxy groups -OCH3 is 1. The summed E-state index contributed by atoms with van der Waals surface area (Å²) < 4.78 is 30.6. The molecule has 17 heavy (non-hydrogen) atoms. The average molecular weight is 244 g/mol. The maximum atomic E-state index is 13.0. The molecule has 94 valence electrons. The normalized spacial score (nSPS) is 21.0. The van der Waals surface area contributed by atoms with Gasteiger partial charge in [-0.3, -0.25) is 4.84 Å². The minimum Gasteiger partial charge on any atom is -0.383 e. The third kappa shape index (κ3) is 2.96. The quantitative estimate of drug-likeness (QED) is 0.755. The van der Waals surface area contributed by atoms with Gasteiger partial charge in [-0.2, -0.15) is 9.45 Å². The molecular weight excluding hydrogens is 230 g/mol. The molecule has 0 unspecified atom stereocenters. The van der Waals surface area contributed by atoms with E-state index in [9.17, 15) is 8.78 Å². The number of pyridine rings is 1. The summed E-state index contributed by atoms with van der Waals surface area (Å²) in [6.07, 6.45) is 1.79. The van der Waals surface area contributed by atoms with E-state index in [2.05, 4.69) is 4.98 Å². The van der Waals surface area contributed by atoms with Crippen molar-refractivity contribution in [2.24, 2.45) is 0 Å². The van der Waals surface area contributed by atoms with Gasteiger partial charge in [-0.1, -0.05) is 0 Å². The Hall–Kier alpha value is -1.11. The van der Waals surface area contributed by atoms with Gasteiger partial charge in [0, 0.05) is 32.0 Å². The van der Waals surface area contributed by atoms with Gasteiger partial charge in [0.05, 0.1) is 6.61 Å². The first-order valence-electron chi connectivity index (χ1n) is 5.42. The average Bonchev–Trinajstić information content (AvgIpc) is 2.79. The Kier molecular flexibility index (Phi) is 3.98. The SMILES string of the molecule is COCCN1CC[C@H](c2cnc(F)c(F)c2)O1. The summed E-state index contributed by atoms with van der Waals surface area (Å²) in [4.78, 5) is 8.91. The van der Waals surface area contributed by atoms with E-state index in [0.29, 0.717) is 18.7 Å². The van der Waals surface area contributed by atoms with Gasteiger partial charge in [0.2, 0.25) is 5.95 Å². The second-order valence-corrected chi connectivity index (χ2v) is 3.85. The monoisotopic (exact) mass is 244 g/mol. The molecule has 6 heteroatoms. The van der Waals surface area contributed by atoms with Crippen LogP contribution in [0.2, 0.25) is 0 Å². The summed E-state index contributed by atoms with van der Waals surface area (Å²) in [6, 6.07) is 1.13. The van der Waals surface area contributed by atoms with Crippen LogP contribution >= 0.6 is 0 Å². The molecule has 0 aliphatic carbocycles. The summed E-state index contributed by atoms with van der Waals surface area (Å²) >= 11 is 0. The number of halogens is 2. The van der Waals surface area contributed by atoms with Crippen molar-refractivity contribution in [1.82, 2.24) is 10.0 Å². The lowest BCUT2D eigenvalue weighted by Gasteiger charge is -2.15. The van der Waals surface area contributed by atoms with E-state index in [1.165, 1.54) is 6.20 Å². The molecule has 0 amide bonds. The van der Waals surface area contributed by atoms with E-state index in [4.69, 9.17) is 9.57 Å². The standard InChI is InChI=1S/C11H14F2N2O2/c1-16-5-4-15-3-2-10(17-15)8-6-9(12)11(13)14-7-8/h6-7,10H,2-5H2,1H3/t10-/m1/s1. The van der Waals surface area contributed by atoms with E-state index in [0.717, 1.165) is 19.0 Å². The lowest BCUT2D eigenvalue weighted by molar-refractivity contribution is -0.153. The van der Waals surface area contributed by atoms with Crippen LogP contribution in [0.25, 0.3) is 0 Å². The first kappa shape index (κ1) is 12.3. The highest BCUT2D eigenvalue weighted by molar-refractivity contribution is 5.14. The summed E-state index contributed by atoms with van der Waals surface area (Å²) in [5, 5.41) is 1.76. The number of aromatic nitrogens is 1. The Labute approximate surface area is 98.1 Å². The van der Waals surface area contributed by atoms with Crippen molar-refractivity contribution in [2.75, 3.05) is 26.8 Å². The van der Waals surface area contributed by atoms with Crippen molar-refractivity contribution in [3.63, 3.8) is 0 Å². The van der Waals surface area contributed by atoms with E-state index in [1.807, 2.05) is 0 Å². The van der Waals surface area contributed by atoms with Crippen molar-refractivity contribution in [1.29, 1.82) is 0 Å². The molecule has 4 nitrogen and oxygen atoms in total. The molecular formula is C11H14F2N2O2. The number of hydroxylamine groups is 2. The van der Waals surface area contributed by atoms with Crippen molar-refractivity contribution in [3.8, 4) is 0 Å². The largest absolute Gasteiger partial charge is 0.383 e. The van der Waals surface area contributed by atoms with Crippen LogP contribution in [-0.4, -0.2) is 36.9 Å². The van der Waals surface area contributed by atoms with Crippen LogP contribution in [0.15, 0.2) is 12.3 Å². The Morgan fingerprint density at radius 2 is 2.41 bits per heavy atom. The van der Waals surface area contributed by atoms with Crippen LogP contribution in [0.3, 0.4) is 0 Å². The predicted octanol–water partition coefficient (Wildman–Crippen LogP) is 1.68. The lowest BCUT2D eigenvalue weighted by atomic mass is 10.1. The molecule has 1 fully saturated rings. The van der Waals surface area contributed by atoms with Crippen LogP contribution in [0.5, 0.6) is 0 Å². The Balaban J connectivity index is 1.97. The second-order valence-electron chi connectivity index (χ2n) is 3.85. The number of hydrogen-bond donors (Lipinski definition) is 0. The van der Waals surface area contributed by atoms with E-state index >= 15 is 0 Å². The first-order valence-corrected chi connectivity index (χ1v) is 5.42. The molecule has 1 aromatic rings.